The molecule has 7 heteroatoms. The number of nitrogens with zero attached hydrogens (tertiary/aromatic N) is 2. The summed E-state index contributed by atoms with van der Waals surface area (Å²) in [6.45, 7) is 2.16. The van der Waals surface area contributed by atoms with Crippen molar-refractivity contribution >= 4 is 17.7 Å². The topological polar surface area (TPSA) is 99.2 Å². The molecule has 1 aromatic heterocycles. The smallest absolute Gasteiger partial charge is 0.257 e. The van der Waals surface area contributed by atoms with Crippen molar-refractivity contribution in [3.8, 4) is 0 Å². The molecule has 2 heterocycles. The van der Waals surface area contributed by atoms with E-state index in [1.807, 2.05) is 6.92 Å². The fraction of sp³-hybridized carbons (Fsp3) is 0.444. The zero-order valence-corrected chi connectivity index (χ0v) is 8.82. The number of aliphatic hydroxyl groups is 1. The second kappa shape index (κ2) is 4.31. The van der Waals surface area contributed by atoms with E-state index in [-0.39, 0.29) is 18.6 Å². The molecule has 0 bridgehead atoms. The highest BCUT2D eigenvalue weighted by Gasteiger charge is 2.18. The summed E-state index contributed by atoms with van der Waals surface area (Å²) in [5.74, 6) is 0.712. The standard InChI is InChI=1S/C9H13N5O2/c1-5(3-15)13-9-10-2-6-7(14-9)11-4-12-8(6)16/h2,5,15H,3-4H2,1H3,(H,12,16)(H2,10,11,13,14)/t5-/m0/s1. The molecular weight excluding hydrogens is 210 g/mol. The van der Waals surface area contributed by atoms with Gasteiger partial charge in [-0.25, -0.2) is 4.98 Å². The predicted molar refractivity (Wildman–Crippen MR) is 58.2 cm³/mol. The highest BCUT2D eigenvalue weighted by atomic mass is 16.3. The summed E-state index contributed by atoms with van der Waals surface area (Å²) in [6.07, 6.45) is 1.45. The van der Waals surface area contributed by atoms with Crippen molar-refractivity contribution in [2.45, 2.75) is 13.0 Å². The van der Waals surface area contributed by atoms with Crippen molar-refractivity contribution in [2.24, 2.45) is 0 Å². The van der Waals surface area contributed by atoms with Gasteiger partial charge in [0.05, 0.1) is 13.3 Å². The molecule has 7 nitrogen and oxygen atoms in total. The number of nitrogens with one attached hydrogen (secondary N) is 3. The van der Waals surface area contributed by atoms with Gasteiger partial charge in [-0.15, -0.1) is 0 Å². The molecule has 2 rings (SSSR count). The van der Waals surface area contributed by atoms with E-state index < -0.39 is 0 Å². The third-order valence-corrected chi connectivity index (χ3v) is 2.19. The van der Waals surface area contributed by atoms with Crippen LogP contribution in [0.3, 0.4) is 0 Å². The summed E-state index contributed by atoms with van der Waals surface area (Å²) in [5, 5.41) is 17.3. The number of hydrogen-bond donors (Lipinski definition) is 4. The second-order valence-corrected chi connectivity index (χ2v) is 3.54. The minimum absolute atomic E-state index is 0.00560. The van der Waals surface area contributed by atoms with Gasteiger partial charge in [-0.1, -0.05) is 0 Å². The molecule has 0 saturated heterocycles. The lowest BCUT2D eigenvalue weighted by atomic mass is 10.2. The lowest BCUT2D eigenvalue weighted by molar-refractivity contribution is 0.0952. The van der Waals surface area contributed by atoms with Crippen molar-refractivity contribution in [1.29, 1.82) is 0 Å². The van der Waals surface area contributed by atoms with Crippen LogP contribution in [0.4, 0.5) is 11.8 Å². The molecule has 0 aliphatic carbocycles. The largest absolute Gasteiger partial charge is 0.394 e. The Balaban J connectivity index is 2.22. The SMILES string of the molecule is C[C@@H](CO)Nc1ncc2c(n1)NCNC2=O. The quantitative estimate of drug-likeness (QED) is 0.545. The Hall–Kier alpha value is -1.89. The van der Waals surface area contributed by atoms with Gasteiger partial charge in [-0.05, 0) is 6.92 Å². The number of aromatic nitrogens is 2. The maximum atomic E-state index is 11.4. The molecule has 0 radical (unpaired) electrons. The van der Waals surface area contributed by atoms with E-state index in [0.717, 1.165) is 0 Å². The van der Waals surface area contributed by atoms with Crippen LogP contribution in [0.15, 0.2) is 6.20 Å². The van der Waals surface area contributed by atoms with E-state index in [1.165, 1.54) is 6.20 Å². The molecule has 86 valence electrons. The summed E-state index contributed by atoms with van der Waals surface area (Å²) in [7, 11) is 0. The van der Waals surface area contributed by atoms with Crippen LogP contribution < -0.4 is 16.0 Å². The van der Waals surface area contributed by atoms with E-state index >= 15 is 0 Å². The number of rotatable bonds is 3. The molecule has 1 amide bonds. The Bertz CT molecular complexity index is 409. The molecule has 0 aromatic carbocycles. The van der Waals surface area contributed by atoms with Gasteiger partial charge in [-0.3, -0.25) is 4.79 Å². The van der Waals surface area contributed by atoms with Gasteiger partial charge in [0.25, 0.3) is 5.91 Å². The van der Waals surface area contributed by atoms with Gasteiger partial charge in [-0.2, -0.15) is 4.98 Å². The summed E-state index contributed by atoms with van der Waals surface area (Å²) in [4.78, 5) is 19.5. The number of anilines is 2. The summed E-state index contributed by atoms with van der Waals surface area (Å²) < 4.78 is 0. The van der Waals surface area contributed by atoms with Crippen molar-refractivity contribution in [3.05, 3.63) is 11.8 Å². The zero-order chi connectivity index (χ0) is 11.5. The molecule has 1 aliphatic heterocycles. The zero-order valence-electron chi connectivity index (χ0n) is 8.82. The molecular formula is C9H13N5O2. The maximum absolute atomic E-state index is 11.4. The van der Waals surface area contributed by atoms with Crippen LogP contribution in [0.1, 0.15) is 17.3 Å². The Morgan fingerprint density at radius 1 is 1.62 bits per heavy atom. The number of fused-ring (bicyclic) bond motifs is 1. The van der Waals surface area contributed by atoms with Crippen LogP contribution in [-0.2, 0) is 0 Å². The number of carbonyl (C=O) groups is 1. The fourth-order valence-corrected chi connectivity index (χ4v) is 1.32. The van der Waals surface area contributed by atoms with Crippen molar-refractivity contribution in [1.82, 2.24) is 15.3 Å². The highest BCUT2D eigenvalue weighted by Crippen LogP contribution is 2.16. The molecule has 1 aromatic rings. The first-order chi connectivity index (χ1) is 7.70. The molecule has 16 heavy (non-hydrogen) atoms. The number of amides is 1. The molecule has 4 N–H and O–H groups in total. The molecule has 1 aliphatic rings. The fourth-order valence-electron chi connectivity index (χ4n) is 1.32. The Morgan fingerprint density at radius 3 is 3.19 bits per heavy atom. The Kier molecular flexibility index (Phi) is 2.86. The number of carbonyl (C=O) groups excluding carboxylic acids is 1. The van der Waals surface area contributed by atoms with Crippen LogP contribution in [-0.4, -0.2) is 40.3 Å². The van der Waals surface area contributed by atoms with Crippen molar-refractivity contribution in [3.63, 3.8) is 0 Å². The van der Waals surface area contributed by atoms with Crippen LogP contribution in [0, 0.1) is 0 Å². The van der Waals surface area contributed by atoms with Crippen LogP contribution in [0.25, 0.3) is 0 Å². The van der Waals surface area contributed by atoms with E-state index in [1.54, 1.807) is 0 Å². The first-order valence-corrected chi connectivity index (χ1v) is 4.97. The van der Waals surface area contributed by atoms with Gasteiger partial charge in [0.2, 0.25) is 5.95 Å². The monoisotopic (exact) mass is 223 g/mol. The molecule has 0 spiro atoms. The lowest BCUT2D eigenvalue weighted by Gasteiger charge is -2.18. The first-order valence-electron chi connectivity index (χ1n) is 4.97. The maximum Gasteiger partial charge on any atom is 0.257 e. The molecule has 0 fully saturated rings. The first kappa shape index (κ1) is 10.6. The molecule has 0 unspecified atom stereocenters. The number of aliphatic hydroxyl groups excluding tert-OH is 1. The van der Waals surface area contributed by atoms with Crippen LogP contribution in [0.2, 0.25) is 0 Å². The van der Waals surface area contributed by atoms with Gasteiger partial charge in [0.15, 0.2) is 0 Å². The summed E-state index contributed by atoms with van der Waals surface area (Å²) >= 11 is 0. The number of hydrogen-bond acceptors (Lipinski definition) is 6. The van der Waals surface area contributed by atoms with E-state index in [4.69, 9.17) is 5.11 Å². The van der Waals surface area contributed by atoms with Crippen LogP contribution in [0.5, 0.6) is 0 Å². The summed E-state index contributed by atoms with van der Waals surface area (Å²) in [6, 6.07) is -0.129. The summed E-state index contributed by atoms with van der Waals surface area (Å²) in [5.41, 5.74) is 0.424. The van der Waals surface area contributed by atoms with Gasteiger partial charge >= 0.3 is 0 Å². The Labute approximate surface area is 92.3 Å². The van der Waals surface area contributed by atoms with Crippen molar-refractivity contribution < 1.29 is 9.90 Å². The molecule has 0 saturated carbocycles. The molecule has 1 atom stereocenters. The highest BCUT2D eigenvalue weighted by molar-refractivity contribution is 6.00. The van der Waals surface area contributed by atoms with Gasteiger partial charge in [0.1, 0.15) is 11.4 Å². The lowest BCUT2D eigenvalue weighted by Crippen LogP contribution is -2.35. The van der Waals surface area contributed by atoms with Gasteiger partial charge < -0.3 is 21.1 Å². The minimum Gasteiger partial charge on any atom is -0.394 e. The third-order valence-electron chi connectivity index (χ3n) is 2.19. The normalized spacial score (nSPS) is 15.8. The Morgan fingerprint density at radius 2 is 2.44 bits per heavy atom. The third kappa shape index (κ3) is 2.03. The predicted octanol–water partition coefficient (Wildman–Crippen LogP) is -0.618. The van der Waals surface area contributed by atoms with E-state index in [2.05, 4.69) is 25.9 Å². The van der Waals surface area contributed by atoms with E-state index in [0.29, 0.717) is 24.0 Å². The second-order valence-electron chi connectivity index (χ2n) is 3.54. The van der Waals surface area contributed by atoms with Crippen LogP contribution >= 0.6 is 0 Å². The van der Waals surface area contributed by atoms with Crippen molar-refractivity contribution in [2.75, 3.05) is 23.9 Å². The average molecular weight is 223 g/mol. The minimum atomic E-state index is -0.185. The van der Waals surface area contributed by atoms with E-state index in [9.17, 15) is 4.79 Å². The average Bonchev–Trinajstić information content (AvgIpc) is 2.29. The van der Waals surface area contributed by atoms with Gasteiger partial charge in [0, 0.05) is 12.2 Å².